The fourth-order valence-electron chi connectivity index (χ4n) is 1.97. The van der Waals surface area contributed by atoms with Crippen LogP contribution in [0.3, 0.4) is 0 Å². The van der Waals surface area contributed by atoms with Crippen LogP contribution in [0, 0.1) is 13.8 Å². The molecule has 2 rings (SSSR count). The molecule has 0 saturated heterocycles. The number of aryl methyl sites for hydroxylation is 2. The van der Waals surface area contributed by atoms with Gasteiger partial charge in [0.15, 0.2) is 11.4 Å². The van der Waals surface area contributed by atoms with Crippen molar-refractivity contribution < 1.29 is 9.47 Å². The molecule has 1 aromatic rings. The molecule has 8 nitrogen and oxygen atoms in total. The summed E-state index contributed by atoms with van der Waals surface area (Å²) < 4.78 is 10.3. The molecule has 0 radical (unpaired) electrons. The number of rotatable bonds is 6. The highest BCUT2D eigenvalue weighted by Crippen LogP contribution is 2.18. The average molecular weight is 352 g/mol. The number of methoxy groups -OCH3 is 2. The molecule has 3 N–H and O–H groups in total. The Bertz CT molecular complexity index is 581. The standard InChI is InChI=1S/C15H24N6O2S/c1-9-7-10(2)18-14(17-9)20-13(16-8-12(22-3)23-4)21-15(24)19-11-5-6-11/h7,11-12H,5-6,8H2,1-4H3,(H3,16,17,18,19,20,21,24). The predicted molar refractivity (Wildman–Crippen MR) is 97.1 cm³/mol. The van der Waals surface area contributed by atoms with Gasteiger partial charge >= 0.3 is 0 Å². The second-order valence-corrected chi connectivity index (χ2v) is 5.97. The number of aromatic nitrogens is 2. The Labute approximate surface area is 147 Å². The fraction of sp³-hybridized carbons (Fsp3) is 0.600. The van der Waals surface area contributed by atoms with Gasteiger partial charge in [0.05, 0.1) is 6.54 Å². The summed E-state index contributed by atoms with van der Waals surface area (Å²) in [7, 11) is 3.13. The van der Waals surface area contributed by atoms with Gasteiger partial charge in [-0.25, -0.2) is 15.0 Å². The van der Waals surface area contributed by atoms with Crippen molar-refractivity contribution in [2.45, 2.75) is 39.0 Å². The van der Waals surface area contributed by atoms with Crippen molar-refractivity contribution in [3.8, 4) is 0 Å². The van der Waals surface area contributed by atoms with Crippen LogP contribution < -0.4 is 16.0 Å². The summed E-state index contributed by atoms with van der Waals surface area (Å²) in [5.74, 6) is 0.900. The van der Waals surface area contributed by atoms with Crippen molar-refractivity contribution in [1.29, 1.82) is 0 Å². The third-order valence-electron chi connectivity index (χ3n) is 3.28. The number of guanidine groups is 1. The molecule has 24 heavy (non-hydrogen) atoms. The molecule has 0 aromatic carbocycles. The topological polar surface area (TPSA) is 92.7 Å². The van der Waals surface area contributed by atoms with Crippen molar-refractivity contribution in [1.82, 2.24) is 20.6 Å². The van der Waals surface area contributed by atoms with Gasteiger partial charge in [-0.1, -0.05) is 0 Å². The summed E-state index contributed by atoms with van der Waals surface area (Å²) in [6, 6.07) is 2.36. The first-order valence-corrected chi connectivity index (χ1v) is 8.18. The quantitative estimate of drug-likeness (QED) is 0.303. The van der Waals surface area contributed by atoms with Gasteiger partial charge in [0, 0.05) is 31.6 Å². The zero-order valence-corrected chi connectivity index (χ0v) is 15.2. The lowest BCUT2D eigenvalue weighted by Gasteiger charge is -2.15. The number of hydrogen-bond donors (Lipinski definition) is 3. The van der Waals surface area contributed by atoms with Gasteiger partial charge in [-0.2, -0.15) is 0 Å². The highest BCUT2D eigenvalue weighted by atomic mass is 32.1. The van der Waals surface area contributed by atoms with Crippen molar-refractivity contribution in [2.75, 3.05) is 26.1 Å². The SMILES string of the molecule is COC(CN=C(NC(=S)NC1CC1)Nc1nc(C)cc(C)n1)OC. The lowest BCUT2D eigenvalue weighted by atomic mass is 10.4. The zero-order chi connectivity index (χ0) is 17.5. The molecule has 1 saturated carbocycles. The molecule has 0 spiro atoms. The Balaban J connectivity index is 2.07. The molecular formula is C15H24N6O2S. The highest BCUT2D eigenvalue weighted by molar-refractivity contribution is 7.80. The van der Waals surface area contributed by atoms with Crippen LogP contribution in [0.5, 0.6) is 0 Å². The Morgan fingerprint density at radius 3 is 2.46 bits per heavy atom. The molecule has 9 heteroatoms. The number of nitrogens with zero attached hydrogens (tertiary/aromatic N) is 3. The lowest BCUT2D eigenvalue weighted by Crippen LogP contribution is -2.44. The molecule has 0 unspecified atom stereocenters. The average Bonchev–Trinajstić information content (AvgIpc) is 3.30. The second-order valence-electron chi connectivity index (χ2n) is 5.56. The molecule has 1 aromatic heterocycles. The zero-order valence-electron chi connectivity index (χ0n) is 14.4. The first kappa shape index (κ1) is 18.5. The van der Waals surface area contributed by atoms with E-state index in [0.717, 1.165) is 24.2 Å². The molecule has 1 aliphatic rings. The summed E-state index contributed by atoms with van der Waals surface area (Å²) in [6.07, 6.45) is 1.84. The number of anilines is 1. The number of ether oxygens (including phenoxy) is 2. The summed E-state index contributed by atoms with van der Waals surface area (Å²) in [6.45, 7) is 4.13. The second kappa shape index (κ2) is 8.86. The van der Waals surface area contributed by atoms with Gasteiger partial charge in [-0.05, 0) is 45.0 Å². The smallest absolute Gasteiger partial charge is 0.229 e. The van der Waals surface area contributed by atoms with Gasteiger partial charge in [-0.15, -0.1) is 0 Å². The normalized spacial score (nSPS) is 14.6. The molecule has 1 fully saturated rings. The van der Waals surface area contributed by atoms with E-state index in [-0.39, 0.29) is 0 Å². The molecular weight excluding hydrogens is 328 g/mol. The fourth-order valence-corrected chi connectivity index (χ4v) is 2.23. The van der Waals surface area contributed by atoms with Crippen LogP contribution in [0.1, 0.15) is 24.2 Å². The van der Waals surface area contributed by atoms with Crippen LogP contribution >= 0.6 is 12.2 Å². The maximum Gasteiger partial charge on any atom is 0.229 e. The Morgan fingerprint density at radius 1 is 1.29 bits per heavy atom. The van der Waals surface area contributed by atoms with Crippen LogP contribution in [0.25, 0.3) is 0 Å². The predicted octanol–water partition coefficient (Wildman–Crippen LogP) is 1.11. The van der Waals surface area contributed by atoms with E-state index < -0.39 is 6.29 Å². The van der Waals surface area contributed by atoms with Gasteiger partial charge < -0.3 is 20.1 Å². The van der Waals surface area contributed by atoms with Crippen molar-refractivity contribution in [3.05, 3.63) is 17.5 Å². The van der Waals surface area contributed by atoms with Crippen molar-refractivity contribution in [3.63, 3.8) is 0 Å². The maximum absolute atomic E-state index is 5.30. The number of thiocarbonyl (C=S) groups is 1. The summed E-state index contributed by atoms with van der Waals surface area (Å²) in [4.78, 5) is 13.1. The van der Waals surface area contributed by atoms with E-state index in [0.29, 0.717) is 29.6 Å². The first-order valence-electron chi connectivity index (χ1n) is 7.77. The molecule has 0 amide bonds. The molecule has 0 aliphatic heterocycles. The van der Waals surface area contributed by atoms with E-state index in [4.69, 9.17) is 21.7 Å². The van der Waals surface area contributed by atoms with Crippen LogP contribution in [0.4, 0.5) is 5.95 Å². The van der Waals surface area contributed by atoms with E-state index in [9.17, 15) is 0 Å². The monoisotopic (exact) mass is 352 g/mol. The molecule has 132 valence electrons. The summed E-state index contributed by atoms with van der Waals surface area (Å²) in [5, 5.41) is 9.83. The Kier molecular flexibility index (Phi) is 6.83. The largest absolute Gasteiger partial charge is 0.360 e. The number of hydrogen-bond acceptors (Lipinski definition) is 6. The third kappa shape index (κ3) is 6.34. The van der Waals surface area contributed by atoms with Crippen LogP contribution in [-0.4, -0.2) is 54.1 Å². The Morgan fingerprint density at radius 2 is 1.92 bits per heavy atom. The Hall–Kier alpha value is -1.84. The summed E-state index contributed by atoms with van der Waals surface area (Å²) in [5.41, 5.74) is 1.74. The van der Waals surface area contributed by atoms with Gasteiger partial charge in [0.2, 0.25) is 11.9 Å². The van der Waals surface area contributed by atoms with E-state index in [2.05, 4.69) is 30.9 Å². The van der Waals surface area contributed by atoms with Gasteiger partial charge in [0.1, 0.15) is 0 Å². The molecule has 1 heterocycles. The van der Waals surface area contributed by atoms with Crippen LogP contribution in [-0.2, 0) is 9.47 Å². The van der Waals surface area contributed by atoms with E-state index in [1.807, 2.05) is 19.9 Å². The van der Waals surface area contributed by atoms with E-state index >= 15 is 0 Å². The minimum absolute atomic E-state index is 0.305. The summed E-state index contributed by atoms with van der Waals surface area (Å²) >= 11 is 5.30. The minimum Gasteiger partial charge on any atom is -0.360 e. The van der Waals surface area contributed by atoms with Crippen LogP contribution in [0.2, 0.25) is 0 Å². The van der Waals surface area contributed by atoms with Crippen molar-refractivity contribution >= 4 is 29.2 Å². The molecule has 0 bridgehead atoms. The molecule has 1 aliphatic carbocycles. The number of nitrogens with one attached hydrogen (secondary N) is 3. The van der Waals surface area contributed by atoms with Crippen molar-refractivity contribution in [2.24, 2.45) is 4.99 Å². The maximum atomic E-state index is 5.30. The van der Waals surface area contributed by atoms with E-state index in [1.54, 1.807) is 14.2 Å². The van der Waals surface area contributed by atoms with Gasteiger partial charge in [0.25, 0.3) is 0 Å². The first-order chi connectivity index (χ1) is 11.5. The lowest BCUT2D eigenvalue weighted by molar-refractivity contribution is -0.0937. The minimum atomic E-state index is -0.436. The highest BCUT2D eigenvalue weighted by Gasteiger charge is 2.22. The van der Waals surface area contributed by atoms with Gasteiger partial charge in [-0.3, -0.25) is 5.32 Å². The number of aliphatic imine (C=N–C) groups is 1. The van der Waals surface area contributed by atoms with Crippen LogP contribution in [0.15, 0.2) is 11.1 Å². The van der Waals surface area contributed by atoms with E-state index in [1.165, 1.54) is 0 Å². The molecule has 0 atom stereocenters. The third-order valence-corrected chi connectivity index (χ3v) is 3.50.